The van der Waals surface area contributed by atoms with E-state index >= 15 is 0 Å². The molecule has 1 amide bonds. The Morgan fingerprint density at radius 1 is 1.37 bits per heavy atom. The van der Waals surface area contributed by atoms with Crippen LogP contribution < -0.4 is 11.1 Å². The molecule has 1 atom stereocenters. The molecule has 10 heteroatoms. The molecule has 1 heterocycles. The number of benzene rings is 1. The number of carbonyl (C=O) groups is 1. The van der Waals surface area contributed by atoms with Gasteiger partial charge in [-0.3, -0.25) is 4.79 Å². The number of nitriles is 1. The van der Waals surface area contributed by atoms with E-state index in [0.29, 0.717) is 0 Å². The Morgan fingerprint density at radius 3 is 2.67 bits per heavy atom. The summed E-state index contributed by atoms with van der Waals surface area (Å²) in [5, 5.41) is 11.2. The number of pyridine rings is 1. The molecule has 1 unspecified atom stereocenters. The summed E-state index contributed by atoms with van der Waals surface area (Å²) in [6, 6.07) is 6.83. The van der Waals surface area contributed by atoms with Gasteiger partial charge in [0.25, 0.3) is 11.9 Å². The summed E-state index contributed by atoms with van der Waals surface area (Å²) in [5.74, 6) is -0.639. The standard InChI is InChI=1S/C17H14F3N5O2/c1-27-16(22)25-14(17(18,19)20)11-3-2-4-12(7-11)24-15(26)13-6-5-10(8-21)9-23-13/h2-7,9,14H,1H3,(H2,22,25)(H,24,26). The second kappa shape index (κ2) is 8.18. The topological polar surface area (TPSA) is 113 Å². The fraction of sp³-hybridized carbons (Fsp3) is 0.176. The van der Waals surface area contributed by atoms with Crippen LogP contribution in [-0.2, 0) is 4.74 Å². The van der Waals surface area contributed by atoms with Crippen molar-refractivity contribution in [2.45, 2.75) is 12.2 Å². The van der Waals surface area contributed by atoms with Crippen molar-refractivity contribution in [3.05, 3.63) is 59.4 Å². The van der Waals surface area contributed by atoms with Crippen LogP contribution in [0.1, 0.15) is 27.7 Å². The molecule has 0 aliphatic carbocycles. The maximum absolute atomic E-state index is 13.3. The first-order valence-electron chi connectivity index (χ1n) is 7.46. The van der Waals surface area contributed by atoms with Crippen LogP contribution in [0.15, 0.2) is 47.6 Å². The molecule has 7 nitrogen and oxygen atoms in total. The number of rotatable bonds is 4. The van der Waals surface area contributed by atoms with Crippen LogP contribution in [0.3, 0.4) is 0 Å². The van der Waals surface area contributed by atoms with E-state index in [9.17, 15) is 18.0 Å². The van der Waals surface area contributed by atoms with Gasteiger partial charge in [0.15, 0.2) is 6.04 Å². The zero-order valence-corrected chi connectivity index (χ0v) is 14.0. The van der Waals surface area contributed by atoms with Crippen LogP contribution in [-0.4, -0.2) is 30.2 Å². The monoisotopic (exact) mass is 377 g/mol. The third-order valence-corrected chi connectivity index (χ3v) is 3.36. The first-order valence-corrected chi connectivity index (χ1v) is 7.46. The summed E-state index contributed by atoms with van der Waals surface area (Å²) in [5.41, 5.74) is 5.42. The fourth-order valence-electron chi connectivity index (χ4n) is 2.09. The van der Waals surface area contributed by atoms with Crippen molar-refractivity contribution in [1.82, 2.24) is 4.98 Å². The number of nitrogens with one attached hydrogen (secondary N) is 1. The number of aromatic nitrogens is 1. The second-order valence-corrected chi connectivity index (χ2v) is 5.24. The van der Waals surface area contributed by atoms with Gasteiger partial charge in [-0.25, -0.2) is 9.98 Å². The maximum atomic E-state index is 13.3. The van der Waals surface area contributed by atoms with Gasteiger partial charge in [0.2, 0.25) is 0 Å². The highest BCUT2D eigenvalue weighted by molar-refractivity contribution is 6.02. The predicted octanol–water partition coefficient (Wildman–Crippen LogP) is 2.77. The molecule has 0 saturated heterocycles. The number of hydrogen-bond acceptors (Lipinski definition) is 5. The van der Waals surface area contributed by atoms with Gasteiger partial charge in [-0.05, 0) is 29.8 Å². The second-order valence-electron chi connectivity index (χ2n) is 5.24. The number of halogens is 3. The normalized spacial score (nSPS) is 12.8. The lowest BCUT2D eigenvalue weighted by atomic mass is 10.1. The Bertz CT molecular complexity index is 889. The molecule has 0 bridgehead atoms. The number of nitrogens with two attached hydrogens (primary N) is 1. The van der Waals surface area contributed by atoms with Gasteiger partial charge in [0.05, 0.1) is 12.7 Å². The minimum atomic E-state index is -4.71. The zero-order chi connectivity index (χ0) is 20.0. The van der Waals surface area contributed by atoms with Gasteiger partial charge >= 0.3 is 6.18 Å². The highest BCUT2D eigenvalue weighted by Crippen LogP contribution is 2.36. The molecule has 0 fully saturated rings. The Hall–Kier alpha value is -3.61. The zero-order valence-electron chi connectivity index (χ0n) is 14.0. The highest BCUT2D eigenvalue weighted by atomic mass is 19.4. The molecule has 1 aromatic carbocycles. The van der Waals surface area contributed by atoms with Crippen molar-refractivity contribution in [3.8, 4) is 6.07 Å². The molecule has 2 rings (SSSR count). The lowest BCUT2D eigenvalue weighted by Crippen LogP contribution is -2.24. The summed E-state index contributed by atoms with van der Waals surface area (Å²) >= 11 is 0. The number of nitrogens with zero attached hydrogens (tertiary/aromatic N) is 3. The van der Waals surface area contributed by atoms with E-state index in [-0.39, 0.29) is 22.5 Å². The fourth-order valence-corrected chi connectivity index (χ4v) is 2.09. The first-order chi connectivity index (χ1) is 12.7. The highest BCUT2D eigenvalue weighted by Gasteiger charge is 2.41. The number of anilines is 1. The largest absolute Gasteiger partial charge is 0.469 e. The molecule has 3 N–H and O–H groups in total. The Morgan fingerprint density at radius 2 is 2.11 bits per heavy atom. The SMILES string of the molecule is COC(N)=NC(c1cccc(NC(=O)c2ccc(C#N)cn2)c1)C(F)(F)F. The van der Waals surface area contributed by atoms with E-state index in [4.69, 9.17) is 11.0 Å². The molecule has 0 saturated carbocycles. The molecule has 27 heavy (non-hydrogen) atoms. The van der Waals surface area contributed by atoms with E-state index < -0.39 is 24.1 Å². The number of amides is 1. The molecule has 1 aromatic heterocycles. The average molecular weight is 377 g/mol. The summed E-state index contributed by atoms with van der Waals surface area (Å²) in [4.78, 5) is 19.3. The summed E-state index contributed by atoms with van der Waals surface area (Å²) < 4.78 is 44.4. The number of alkyl halides is 3. The van der Waals surface area contributed by atoms with Crippen molar-refractivity contribution >= 4 is 17.6 Å². The van der Waals surface area contributed by atoms with Gasteiger partial charge in [0.1, 0.15) is 11.8 Å². The Labute approximate surface area is 152 Å². The quantitative estimate of drug-likeness (QED) is 0.628. The minimum Gasteiger partial charge on any atom is -0.469 e. The van der Waals surface area contributed by atoms with E-state index in [1.54, 1.807) is 0 Å². The Kier molecular flexibility index (Phi) is 5.97. The van der Waals surface area contributed by atoms with Gasteiger partial charge in [-0.15, -0.1) is 0 Å². The van der Waals surface area contributed by atoms with Crippen LogP contribution in [0.5, 0.6) is 0 Å². The smallest absolute Gasteiger partial charge is 0.415 e. The predicted molar refractivity (Wildman–Crippen MR) is 90.8 cm³/mol. The summed E-state index contributed by atoms with van der Waals surface area (Å²) in [7, 11) is 1.10. The van der Waals surface area contributed by atoms with Crippen molar-refractivity contribution in [1.29, 1.82) is 5.26 Å². The third kappa shape index (κ3) is 5.18. The van der Waals surface area contributed by atoms with E-state index in [1.165, 1.54) is 36.5 Å². The van der Waals surface area contributed by atoms with Gasteiger partial charge in [-0.2, -0.15) is 18.4 Å². The summed E-state index contributed by atoms with van der Waals surface area (Å²) in [6.45, 7) is 0. The van der Waals surface area contributed by atoms with Crippen molar-refractivity contribution in [2.24, 2.45) is 10.7 Å². The molecule has 0 spiro atoms. The Balaban J connectivity index is 2.27. The number of methoxy groups -OCH3 is 1. The van der Waals surface area contributed by atoms with Gasteiger partial charge < -0.3 is 15.8 Å². The third-order valence-electron chi connectivity index (χ3n) is 3.36. The number of amidine groups is 1. The molecule has 2 aromatic rings. The van der Waals surface area contributed by atoms with E-state index in [2.05, 4.69) is 20.0 Å². The van der Waals surface area contributed by atoms with Crippen molar-refractivity contribution < 1.29 is 22.7 Å². The average Bonchev–Trinajstić information content (AvgIpc) is 2.65. The molecule has 140 valence electrons. The number of hydrogen-bond donors (Lipinski definition) is 2. The minimum absolute atomic E-state index is 0.00780. The summed E-state index contributed by atoms with van der Waals surface area (Å²) in [6.07, 6.45) is -3.49. The molecule has 0 aliphatic heterocycles. The lowest BCUT2D eigenvalue weighted by Gasteiger charge is -2.18. The molecular weight excluding hydrogens is 363 g/mol. The van der Waals surface area contributed by atoms with Crippen LogP contribution in [0.4, 0.5) is 18.9 Å². The number of carbonyl (C=O) groups excluding carboxylic acids is 1. The van der Waals surface area contributed by atoms with Gasteiger partial charge in [-0.1, -0.05) is 12.1 Å². The van der Waals surface area contributed by atoms with Crippen LogP contribution >= 0.6 is 0 Å². The first kappa shape index (κ1) is 19.7. The van der Waals surface area contributed by atoms with Crippen molar-refractivity contribution in [3.63, 3.8) is 0 Å². The van der Waals surface area contributed by atoms with E-state index in [1.807, 2.05) is 6.07 Å². The molecular formula is C17H14F3N5O2. The number of aliphatic imine (C=N–C) groups is 1. The molecule has 0 aliphatic rings. The van der Waals surface area contributed by atoms with E-state index in [0.717, 1.165) is 13.2 Å². The van der Waals surface area contributed by atoms with Crippen molar-refractivity contribution in [2.75, 3.05) is 12.4 Å². The van der Waals surface area contributed by atoms with Gasteiger partial charge in [0, 0.05) is 11.9 Å². The van der Waals surface area contributed by atoms with Crippen LogP contribution in [0.25, 0.3) is 0 Å². The molecule has 0 radical (unpaired) electrons. The van der Waals surface area contributed by atoms with Crippen LogP contribution in [0.2, 0.25) is 0 Å². The lowest BCUT2D eigenvalue weighted by molar-refractivity contribution is -0.148. The number of ether oxygens (including phenoxy) is 1. The van der Waals surface area contributed by atoms with Crippen LogP contribution in [0, 0.1) is 11.3 Å². The maximum Gasteiger partial charge on any atom is 0.415 e.